The zero-order valence-corrected chi connectivity index (χ0v) is 18.6. The number of aromatic nitrogens is 1. The lowest BCUT2D eigenvalue weighted by Crippen LogP contribution is -2.42. The molecule has 0 atom stereocenters. The van der Waals surface area contributed by atoms with E-state index in [1.54, 1.807) is 33.0 Å². The SMILES string of the molecule is COc1ccc(N2CN=c3s/c(=C\c4cc(OC)c(OC)c(OC)c4)c(=O)n3C2)cc1. The maximum absolute atomic E-state index is 13.1. The van der Waals surface area contributed by atoms with Crippen molar-refractivity contribution in [3.8, 4) is 23.0 Å². The van der Waals surface area contributed by atoms with Crippen LogP contribution in [0, 0.1) is 0 Å². The van der Waals surface area contributed by atoms with Gasteiger partial charge in [-0.25, -0.2) is 4.99 Å². The molecule has 0 radical (unpaired) electrons. The summed E-state index contributed by atoms with van der Waals surface area (Å²) in [6.45, 7) is 0.916. The van der Waals surface area contributed by atoms with E-state index in [2.05, 4.69) is 4.99 Å². The molecule has 0 aliphatic carbocycles. The molecular formula is C22H23N3O5S. The highest BCUT2D eigenvalue weighted by molar-refractivity contribution is 7.07. The van der Waals surface area contributed by atoms with Crippen molar-refractivity contribution in [2.75, 3.05) is 40.0 Å². The van der Waals surface area contributed by atoms with Gasteiger partial charge in [0.2, 0.25) is 5.75 Å². The van der Waals surface area contributed by atoms with Gasteiger partial charge in [0.25, 0.3) is 5.56 Å². The fourth-order valence-electron chi connectivity index (χ4n) is 3.40. The number of methoxy groups -OCH3 is 4. The third kappa shape index (κ3) is 3.96. The van der Waals surface area contributed by atoms with Crippen LogP contribution in [0.4, 0.5) is 5.69 Å². The molecule has 2 heterocycles. The number of fused-ring (bicyclic) bond motifs is 1. The Balaban J connectivity index is 1.70. The average Bonchev–Trinajstić information content (AvgIpc) is 3.12. The highest BCUT2D eigenvalue weighted by Crippen LogP contribution is 2.38. The summed E-state index contributed by atoms with van der Waals surface area (Å²) < 4.78 is 23.7. The van der Waals surface area contributed by atoms with Gasteiger partial charge in [0.05, 0.1) is 33.0 Å². The molecule has 3 aromatic rings. The normalized spacial score (nSPS) is 13.4. The van der Waals surface area contributed by atoms with Gasteiger partial charge in [0.1, 0.15) is 19.1 Å². The monoisotopic (exact) mass is 441 g/mol. The lowest BCUT2D eigenvalue weighted by Gasteiger charge is -2.25. The average molecular weight is 442 g/mol. The molecule has 162 valence electrons. The largest absolute Gasteiger partial charge is 0.497 e. The Hall–Kier alpha value is -3.46. The minimum atomic E-state index is -0.0873. The number of hydrogen-bond acceptors (Lipinski definition) is 8. The molecule has 0 saturated carbocycles. The number of nitrogens with zero attached hydrogens (tertiary/aromatic N) is 3. The highest BCUT2D eigenvalue weighted by Gasteiger charge is 2.17. The van der Waals surface area contributed by atoms with Crippen molar-refractivity contribution in [2.24, 2.45) is 4.99 Å². The van der Waals surface area contributed by atoms with Crippen molar-refractivity contribution in [2.45, 2.75) is 6.67 Å². The van der Waals surface area contributed by atoms with Crippen LogP contribution in [-0.4, -0.2) is 39.7 Å². The smallest absolute Gasteiger partial charge is 0.271 e. The van der Waals surface area contributed by atoms with E-state index in [0.717, 1.165) is 17.0 Å². The van der Waals surface area contributed by atoms with E-state index < -0.39 is 0 Å². The van der Waals surface area contributed by atoms with E-state index in [9.17, 15) is 4.79 Å². The van der Waals surface area contributed by atoms with Crippen LogP contribution < -0.4 is 38.7 Å². The van der Waals surface area contributed by atoms with Crippen molar-refractivity contribution in [1.82, 2.24) is 4.57 Å². The van der Waals surface area contributed by atoms with Gasteiger partial charge in [-0.3, -0.25) is 9.36 Å². The van der Waals surface area contributed by atoms with Crippen LogP contribution in [-0.2, 0) is 6.67 Å². The van der Waals surface area contributed by atoms with Crippen LogP contribution in [0.1, 0.15) is 5.56 Å². The number of benzene rings is 2. The van der Waals surface area contributed by atoms with Crippen LogP contribution in [0.5, 0.6) is 23.0 Å². The molecule has 0 amide bonds. The second kappa shape index (κ2) is 8.73. The predicted molar refractivity (Wildman–Crippen MR) is 119 cm³/mol. The third-order valence-electron chi connectivity index (χ3n) is 5.00. The molecule has 1 aliphatic heterocycles. The second-order valence-corrected chi connectivity index (χ2v) is 7.77. The summed E-state index contributed by atoms with van der Waals surface area (Å²) in [5.41, 5.74) is 1.66. The fraction of sp³-hybridized carbons (Fsp3) is 0.273. The van der Waals surface area contributed by atoms with Gasteiger partial charge >= 0.3 is 0 Å². The van der Waals surface area contributed by atoms with E-state index in [1.165, 1.54) is 11.3 Å². The molecule has 31 heavy (non-hydrogen) atoms. The van der Waals surface area contributed by atoms with Crippen LogP contribution in [0.15, 0.2) is 46.2 Å². The first-order chi connectivity index (χ1) is 15.1. The van der Waals surface area contributed by atoms with Crippen molar-refractivity contribution in [3.05, 3.63) is 61.6 Å². The number of ether oxygens (including phenoxy) is 4. The number of anilines is 1. The van der Waals surface area contributed by atoms with E-state index >= 15 is 0 Å². The number of rotatable bonds is 6. The molecule has 0 unspecified atom stereocenters. The minimum Gasteiger partial charge on any atom is -0.497 e. The highest BCUT2D eigenvalue weighted by atomic mass is 32.1. The molecule has 2 aromatic carbocycles. The summed E-state index contributed by atoms with van der Waals surface area (Å²) in [6, 6.07) is 11.3. The topological polar surface area (TPSA) is 74.5 Å². The second-order valence-electron chi connectivity index (χ2n) is 6.76. The Morgan fingerprint density at radius 1 is 0.968 bits per heavy atom. The molecule has 0 spiro atoms. The quantitative estimate of drug-likeness (QED) is 0.581. The van der Waals surface area contributed by atoms with Crippen molar-refractivity contribution >= 4 is 23.1 Å². The number of thiazole rings is 1. The zero-order chi connectivity index (χ0) is 22.0. The van der Waals surface area contributed by atoms with Crippen LogP contribution in [0.3, 0.4) is 0 Å². The van der Waals surface area contributed by atoms with Crippen molar-refractivity contribution in [1.29, 1.82) is 0 Å². The summed E-state index contributed by atoms with van der Waals surface area (Å²) in [5, 5.41) is 0. The third-order valence-corrected chi connectivity index (χ3v) is 6.04. The molecular weight excluding hydrogens is 418 g/mol. The summed E-state index contributed by atoms with van der Waals surface area (Å²) in [6.07, 6.45) is 1.82. The van der Waals surface area contributed by atoms with Gasteiger partial charge < -0.3 is 23.8 Å². The number of hydrogen-bond donors (Lipinski definition) is 0. The molecule has 9 heteroatoms. The lowest BCUT2D eigenvalue weighted by atomic mass is 10.1. The van der Waals surface area contributed by atoms with Crippen molar-refractivity contribution in [3.63, 3.8) is 0 Å². The van der Waals surface area contributed by atoms with Crippen LogP contribution >= 0.6 is 11.3 Å². The zero-order valence-electron chi connectivity index (χ0n) is 17.7. The molecule has 8 nitrogen and oxygen atoms in total. The summed E-state index contributed by atoms with van der Waals surface area (Å²) in [7, 11) is 6.31. The Labute approximate surface area is 183 Å². The molecule has 1 aromatic heterocycles. The summed E-state index contributed by atoms with van der Waals surface area (Å²) in [5.74, 6) is 2.36. The van der Waals surface area contributed by atoms with Crippen LogP contribution in [0.2, 0.25) is 0 Å². The fourth-order valence-corrected chi connectivity index (χ4v) is 4.37. The molecule has 1 aliphatic rings. The minimum absolute atomic E-state index is 0.0873. The molecule has 4 rings (SSSR count). The standard InChI is InChI=1S/C22H23N3O5S/c1-27-16-7-5-15(6-8-16)24-12-23-22-25(13-24)21(26)19(31-22)11-14-9-17(28-2)20(30-4)18(10-14)29-3/h5-11H,12-13H2,1-4H3/b19-11-. The van der Waals surface area contributed by atoms with E-state index in [0.29, 0.717) is 39.9 Å². The van der Waals surface area contributed by atoms with Gasteiger partial charge in [-0.15, -0.1) is 0 Å². The molecule has 0 saturated heterocycles. The van der Waals surface area contributed by atoms with E-state index in [4.69, 9.17) is 18.9 Å². The summed E-state index contributed by atoms with van der Waals surface area (Å²) in [4.78, 5) is 20.4. The van der Waals surface area contributed by atoms with Gasteiger partial charge in [0, 0.05) is 5.69 Å². The van der Waals surface area contributed by atoms with E-state index in [1.807, 2.05) is 47.4 Å². The first kappa shape index (κ1) is 20.8. The van der Waals surface area contributed by atoms with Gasteiger partial charge in [0.15, 0.2) is 16.3 Å². The van der Waals surface area contributed by atoms with Gasteiger partial charge in [-0.2, -0.15) is 0 Å². The predicted octanol–water partition coefficient (Wildman–Crippen LogP) is 1.83. The Kier molecular flexibility index (Phi) is 5.85. The van der Waals surface area contributed by atoms with Crippen molar-refractivity contribution < 1.29 is 18.9 Å². The molecule has 0 fully saturated rings. The van der Waals surface area contributed by atoms with Gasteiger partial charge in [-0.05, 0) is 48.0 Å². The van der Waals surface area contributed by atoms with E-state index in [-0.39, 0.29) is 5.56 Å². The summed E-state index contributed by atoms with van der Waals surface area (Å²) >= 11 is 1.37. The lowest BCUT2D eigenvalue weighted by molar-refractivity contribution is 0.324. The molecule has 0 bridgehead atoms. The Morgan fingerprint density at radius 3 is 2.23 bits per heavy atom. The first-order valence-corrected chi connectivity index (χ1v) is 10.3. The molecule has 0 N–H and O–H groups in total. The first-order valence-electron chi connectivity index (χ1n) is 9.52. The Bertz CT molecular complexity index is 1240. The maximum atomic E-state index is 13.1. The van der Waals surface area contributed by atoms with Crippen LogP contribution in [0.25, 0.3) is 6.08 Å². The maximum Gasteiger partial charge on any atom is 0.271 e. The van der Waals surface area contributed by atoms with Gasteiger partial charge in [-0.1, -0.05) is 11.3 Å². The Morgan fingerprint density at radius 2 is 1.65 bits per heavy atom.